The lowest BCUT2D eigenvalue weighted by molar-refractivity contribution is -0.144. The molecule has 1 aromatic heterocycles. The van der Waals surface area contributed by atoms with E-state index >= 15 is 0 Å². The smallest absolute Gasteiger partial charge is 0.251 e. The number of nitrogens with zero attached hydrogens (tertiary/aromatic N) is 4. The van der Waals surface area contributed by atoms with Crippen molar-refractivity contribution in [3.63, 3.8) is 0 Å². The quantitative estimate of drug-likeness (QED) is 0.838. The van der Waals surface area contributed by atoms with E-state index in [0.29, 0.717) is 31.3 Å². The number of hydrogen-bond donors (Lipinski definition) is 1. The van der Waals surface area contributed by atoms with Crippen LogP contribution in [-0.2, 0) is 9.53 Å². The first-order valence-corrected chi connectivity index (χ1v) is 8.27. The van der Waals surface area contributed by atoms with Gasteiger partial charge in [-0.25, -0.2) is 0 Å². The Morgan fingerprint density at radius 2 is 2.09 bits per heavy atom. The number of rotatable bonds is 4. The van der Waals surface area contributed by atoms with Gasteiger partial charge in [-0.05, 0) is 26.7 Å². The van der Waals surface area contributed by atoms with E-state index in [1.165, 1.54) is 0 Å². The Bertz CT molecular complexity index is 541. The van der Waals surface area contributed by atoms with Crippen molar-refractivity contribution in [2.24, 2.45) is 5.73 Å². The second-order valence-corrected chi connectivity index (χ2v) is 6.28. The van der Waals surface area contributed by atoms with Crippen LogP contribution < -0.4 is 5.73 Å². The molecule has 23 heavy (non-hydrogen) atoms. The topological polar surface area (TPSA) is 97.7 Å². The van der Waals surface area contributed by atoms with Crippen molar-refractivity contribution in [1.29, 1.82) is 0 Å². The number of hydrogen-bond acceptors (Lipinski definition) is 7. The molecule has 2 aliphatic rings. The van der Waals surface area contributed by atoms with Crippen molar-refractivity contribution >= 4 is 5.91 Å². The Hall–Kier alpha value is -1.51. The molecule has 2 aliphatic heterocycles. The molecule has 3 rings (SSSR count). The molecule has 0 saturated carbocycles. The highest BCUT2D eigenvalue weighted by Gasteiger charge is 2.35. The minimum Gasteiger partial charge on any atom is -0.364 e. The van der Waals surface area contributed by atoms with Crippen LogP contribution in [0, 0.1) is 6.92 Å². The molecule has 8 heteroatoms. The SMILES string of the molecule is Cc1noc(C(C)N2CCN(C(=O)[C@@H]3CC[C@H](CN)O3)CC2)n1. The van der Waals surface area contributed by atoms with E-state index in [1.54, 1.807) is 0 Å². The molecule has 3 atom stereocenters. The average Bonchev–Trinajstić information content (AvgIpc) is 3.22. The van der Waals surface area contributed by atoms with E-state index < -0.39 is 0 Å². The summed E-state index contributed by atoms with van der Waals surface area (Å²) in [5, 5.41) is 3.84. The van der Waals surface area contributed by atoms with Crippen LogP contribution in [0.5, 0.6) is 0 Å². The molecular formula is C15H25N5O3. The fourth-order valence-electron chi connectivity index (χ4n) is 3.23. The van der Waals surface area contributed by atoms with Crippen LogP contribution in [0.15, 0.2) is 4.52 Å². The van der Waals surface area contributed by atoms with Gasteiger partial charge in [-0.3, -0.25) is 9.69 Å². The zero-order chi connectivity index (χ0) is 16.4. The third-order valence-corrected chi connectivity index (χ3v) is 4.72. The van der Waals surface area contributed by atoms with Crippen molar-refractivity contribution in [2.75, 3.05) is 32.7 Å². The third-order valence-electron chi connectivity index (χ3n) is 4.72. The van der Waals surface area contributed by atoms with Crippen LogP contribution in [0.2, 0.25) is 0 Å². The van der Waals surface area contributed by atoms with E-state index in [0.717, 1.165) is 25.9 Å². The van der Waals surface area contributed by atoms with E-state index in [1.807, 2.05) is 11.8 Å². The van der Waals surface area contributed by atoms with Crippen molar-refractivity contribution in [3.05, 3.63) is 11.7 Å². The summed E-state index contributed by atoms with van der Waals surface area (Å²) in [4.78, 5) is 21.0. The zero-order valence-electron chi connectivity index (χ0n) is 13.8. The number of aromatic nitrogens is 2. The molecule has 0 aliphatic carbocycles. The van der Waals surface area contributed by atoms with Crippen molar-refractivity contribution in [1.82, 2.24) is 19.9 Å². The van der Waals surface area contributed by atoms with Crippen molar-refractivity contribution in [2.45, 2.75) is 44.9 Å². The summed E-state index contributed by atoms with van der Waals surface area (Å²) in [6.07, 6.45) is 1.37. The van der Waals surface area contributed by atoms with Gasteiger partial charge < -0.3 is 19.9 Å². The van der Waals surface area contributed by atoms with Crippen molar-refractivity contribution < 1.29 is 14.1 Å². The normalized spacial score (nSPS) is 27.3. The van der Waals surface area contributed by atoms with E-state index in [-0.39, 0.29) is 24.2 Å². The number of piperazine rings is 1. The first-order chi connectivity index (χ1) is 11.1. The second-order valence-electron chi connectivity index (χ2n) is 6.28. The Morgan fingerprint density at radius 1 is 1.35 bits per heavy atom. The molecule has 2 fully saturated rings. The maximum absolute atomic E-state index is 12.5. The molecule has 3 heterocycles. The number of aryl methyl sites for hydroxylation is 1. The van der Waals surface area contributed by atoms with Crippen LogP contribution in [0.3, 0.4) is 0 Å². The maximum atomic E-state index is 12.5. The Labute approximate surface area is 135 Å². The van der Waals surface area contributed by atoms with Gasteiger partial charge in [0.05, 0.1) is 12.1 Å². The molecular weight excluding hydrogens is 298 g/mol. The van der Waals surface area contributed by atoms with Crippen LogP contribution in [-0.4, -0.2) is 70.8 Å². The number of carbonyl (C=O) groups is 1. The fraction of sp³-hybridized carbons (Fsp3) is 0.800. The Morgan fingerprint density at radius 3 is 2.65 bits per heavy atom. The number of ether oxygens (including phenoxy) is 1. The lowest BCUT2D eigenvalue weighted by Crippen LogP contribution is -2.52. The summed E-state index contributed by atoms with van der Waals surface area (Å²) in [6.45, 7) is 7.33. The first kappa shape index (κ1) is 16.4. The zero-order valence-corrected chi connectivity index (χ0v) is 13.8. The highest BCUT2D eigenvalue weighted by Crippen LogP contribution is 2.23. The van der Waals surface area contributed by atoms with Gasteiger partial charge in [0.1, 0.15) is 6.10 Å². The number of amides is 1. The van der Waals surface area contributed by atoms with Gasteiger partial charge in [-0.15, -0.1) is 0 Å². The van der Waals surface area contributed by atoms with E-state index in [9.17, 15) is 4.79 Å². The largest absolute Gasteiger partial charge is 0.364 e. The summed E-state index contributed by atoms with van der Waals surface area (Å²) in [7, 11) is 0. The van der Waals surface area contributed by atoms with Gasteiger partial charge in [-0.2, -0.15) is 4.98 Å². The fourth-order valence-corrected chi connectivity index (χ4v) is 3.23. The summed E-state index contributed by atoms with van der Waals surface area (Å²) in [5.74, 6) is 1.38. The van der Waals surface area contributed by atoms with Crippen LogP contribution in [0.4, 0.5) is 0 Å². The maximum Gasteiger partial charge on any atom is 0.251 e. The summed E-state index contributed by atoms with van der Waals surface area (Å²) in [6, 6.07) is 0.0674. The Balaban J connectivity index is 1.51. The molecule has 128 valence electrons. The van der Waals surface area contributed by atoms with Gasteiger partial charge in [0, 0.05) is 32.7 Å². The van der Waals surface area contributed by atoms with Crippen LogP contribution in [0.25, 0.3) is 0 Å². The van der Waals surface area contributed by atoms with Crippen molar-refractivity contribution in [3.8, 4) is 0 Å². The Kier molecular flexibility index (Phi) is 4.93. The molecule has 2 saturated heterocycles. The van der Waals surface area contributed by atoms with Crippen LogP contribution >= 0.6 is 0 Å². The number of carbonyl (C=O) groups excluding carboxylic acids is 1. The predicted octanol–water partition coefficient (Wildman–Crippen LogP) is 0.0895. The molecule has 1 aromatic rings. The highest BCUT2D eigenvalue weighted by molar-refractivity contribution is 5.81. The summed E-state index contributed by atoms with van der Waals surface area (Å²) < 4.78 is 11.0. The molecule has 1 unspecified atom stereocenters. The molecule has 8 nitrogen and oxygen atoms in total. The molecule has 0 bridgehead atoms. The molecule has 0 spiro atoms. The summed E-state index contributed by atoms with van der Waals surface area (Å²) >= 11 is 0. The summed E-state index contributed by atoms with van der Waals surface area (Å²) in [5.41, 5.74) is 5.61. The molecule has 0 radical (unpaired) electrons. The van der Waals surface area contributed by atoms with Crippen LogP contribution in [0.1, 0.15) is 37.5 Å². The van der Waals surface area contributed by atoms with E-state index in [2.05, 4.69) is 22.0 Å². The second kappa shape index (κ2) is 6.94. The lowest BCUT2D eigenvalue weighted by atomic mass is 10.1. The molecule has 1 amide bonds. The van der Waals surface area contributed by atoms with E-state index in [4.69, 9.17) is 15.0 Å². The van der Waals surface area contributed by atoms with Gasteiger partial charge in [0.25, 0.3) is 5.91 Å². The van der Waals surface area contributed by atoms with Gasteiger partial charge in [-0.1, -0.05) is 5.16 Å². The molecule has 0 aromatic carbocycles. The van der Waals surface area contributed by atoms with Gasteiger partial charge in [0.15, 0.2) is 5.82 Å². The molecule has 2 N–H and O–H groups in total. The first-order valence-electron chi connectivity index (χ1n) is 8.27. The average molecular weight is 323 g/mol. The standard InChI is InChI=1S/C15H25N5O3/c1-10(14-17-11(2)18-23-14)19-5-7-20(8-6-19)15(21)13-4-3-12(9-16)22-13/h10,12-13H,3-9,16H2,1-2H3/t10?,12-,13+/m1/s1. The van der Waals surface area contributed by atoms with Gasteiger partial charge in [0.2, 0.25) is 5.89 Å². The minimum atomic E-state index is -0.314. The predicted molar refractivity (Wildman–Crippen MR) is 82.6 cm³/mol. The highest BCUT2D eigenvalue weighted by atomic mass is 16.5. The van der Waals surface area contributed by atoms with Gasteiger partial charge >= 0.3 is 0 Å². The monoisotopic (exact) mass is 323 g/mol. The number of nitrogens with two attached hydrogens (primary N) is 1. The lowest BCUT2D eigenvalue weighted by Gasteiger charge is -2.37. The minimum absolute atomic E-state index is 0.0334. The third kappa shape index (κ3) is 3.54.